The summed E-state index contributed by atoms with van der Waals surface area (Å²) >= 11 is 0. The largest absolute Gasteiger partial charge is 0.481 e. The fourth-order valence-corrected chi connectivity index (χ4v) is 0.895. The van der Waals surface area contributed by atoms with Crippen molar-refractivity contribution in [3.8, 4) is 0 Å². The van der Waals surface area contributed by atoms with E-state index in [1.165, 1.54) is 5.57 Å². The number of methoxy groups -OCH3 is 1. The van der Waals surface area contributed by atoms with Crippen LogP contribution in [-0.2, 0) is 4.74 Å². The van der Waals surface area contributed by atoms with Gasteiger partial charge < -0.3 is 4.74 Å². The van der Waals surface area contributed by atoms with Gasteiger partial charge in [-0.3, -0.25) is 0 Å². The summed E-state index contributed by atoms with van der Waals surface area (Å²) in [5.41, 5.74) is 1.21. The van der Waals surface area contributed by atoms with Crippen molar-refractivity contribution in [2.75, 3.05) is 7.11 Å². The molecule has 0 aromatic rings. The van der Waals surface area contributed by atoms with Crippen LogP contribution in [0.15, 0.2) is 28.6 Å². The second-order valence-electron chi connectivity index (χ2n) is 2.79. The number of rotatable bonds is 4. The molecule has 0 N–H and O–H groups in total. The molecule has 0 radical (unpaired) electrons. The normalized spacial score (nSPS) is 13.4. The van der Waals surface area contributed by atoms with Gasteiger partial charge in [-0.2, -0.15) is 0 Å². The van der Waals surface area contributed by atoms with Crippen LogP contribution in [0.4, 0.5) is 0 Å². The Labute approximate surface area is 74.7 Å². The molecule has 68 valence electrons. The van der Waals surface area contributed by atoms with Crippen molar-refractivity contribution in [3.63, 3.8) is 0 Å². The van der Waals surface area contributed by atoms with Crippen molar-refractivity contribution in [2.24, 2.45) is 10.9 Å². The second kappa shape index (κ2) is 5.58. The van der Waals surface area contributed by atoms with E-state index in [1.807, 2.05) is 13.0 Å². The van der Waals surface area contributed by atoms with Crippen LogP contribution in [-0.4, -0.2) is 13.8 Å². The minimum Gasteiger partial charge on any atom is -0.481 e. The lowest BCUT2D eigenvalue weighted by Crippen LogP contribution is -1.92. The van der Waals surface area contributed by atoms with Crippen LogP contribution in [0.2, 0.25) is 0 Å². The first-order valence-corrected chi connectivity index (χ1v) is 4.04. The van der Waals surface area contributed by atoms with E-state index in [0.717, 1.165) is 0 Å². The zero-order chi connectivity index (χ0) is 9.56. The van der Waals surface area contributed by atoms with Gasteiger partial charge in [0.15, 0.2) is 0 Å². The highest BCUT2D eigenvalue weighted by Gasteiger charge is 2.00. The Kier molecular flexibility index (Phi) is 5.09. The van der Waals surface area contributed by atoms with Crippen molar-refractivity contribution < 1.29 is 4.74 Å². The van der Waals surface area contributed by atoms with Crippen LogP contribution in [0.1, 0.15) is 20.8 Å². The summed E-state index contributed by atoms with van der Waals surface area (Å²) in [6.45, 7) is 9.66. The standard InChI is InChI=1S/C10H17NO/c1-6-9(8(2)3)7-10(11-4)12-5/h6-8H,4H2,1-3,5H3/b9-6+,10-7+. The third kappa shape index (κ3) is 3.37. The van der Waals surface area contributed by atoms with E-state index in [-0.39, 0.29) is 0 Å². The van der Waals surface area contributed by atoms with Gasteiger partial charge in [-0.05, 0) is 25.1 Å². The molecule has 0 fully saturated rings. The van der Waals surface area contributed by atoms with E-state index in [9.17, 15) is 0 Å². The summed E-state index contributed by atoms with van der Waals surface area (Å²) in [6, 6.07) is 0. The van der Waals surface area contributed by atoms with Crippen LogP contribution in [0.5, 0.6) is 0 Å². The van der Waals surface area contributed by atoms with E-state index < -0.39 is 0 Å². The molecule has 2 heteroatoms. The molecule has 0 saturated carbocycles. The Balaban J connectivity index is 4.56. The summed E-state index contributed by atoms with van der Waals surface area (Å²) in [4.78, 5) is 3.72. The fourth-order valence-electron chi connectivity index (χ4n) is 0.895. The van der Waals surface area contributed by atoms with Gasteiger partial charge in [0, 0.05) is 6.08 Å². The molecule has 0 spiro atoms. The maximum absolute atomic E-state index is 4.97. The van der Waals surface area contributed by atoms with Gasteiger partial charge in [0.2, 0.25) is 5.88 Å². The molecule has 0 aromatic carbocycles. The van der Waals surface area contributed by atoms with Crippen molar-refractivity contribution in [3.05, 3.63) is 23.6 Å². The molecule has 12 heavy (non-hydrogen) atoms. The van der Waals surface area contributed by atoms with Crippen molar-refractivity contribution in [1.29, 1.82) is 0 Å². The highest BCUT2D eigenvalue weighted by Crippen LogP contribution is 2.13. The van der Waals surface area contributed by atoms with Crippen molar-refractivity contribution in [2.45, 2.75) is 20.8 Å². The third-order valence-corrected chi connectivity index (χ3v) is 1.66. The topological polar surface area (TPSA) is 21.6 Å². The van der Waals surface area contributed by atoms with Gasteiger partial charge in [-0.15, -0.1) is 0 Å². The van der Waals surface area contributed by atoms with E-state index in [0.29, 0.717) is 11.8 Å². The molecule has 0 unspecified atom stereocenters. The quantitative estimate of drug-likeness (QED) is 0.358. The van der Waals surface area contributed by atoms with Crippen molar-refractivity contribution in [1.82, 2.24) is 0 Å². The molecule has 0 rings (SSSR count). The molecule has 0 aliphatic rings. The predicted molar refractivity (Wildman–Crippen MR) is 53.2 cm³/mol. The average Bonchev–Trinajstić information content (AvgIpc) is 2.06. The van der Waals surface area contributed by atoms with Crippen LogP contribution in [0.25, 0.3) is 0 Å². The van der Waals surface area contributed by atoms with Crippen LogP contribution >= 0.6 is 0 Å². The average molecular weight is 167 g/mol. The second-order valence-corrected chi connectivity index (χ2v) is 2.79. The highest BCUT2D eigenvalue weighted by atomic mass is 16.5. The molecule has 2 nitrogen and oxygen atoms in total. The van der Waals surface area contributed by atoms with Gasteiger partial charge in [0.1, 0.15) is 0 Å². The molecular formula is C10H17NO. The van der Waals surface area contributed by atoms with E-state index in [2.05, 4.69) is 31.6 Å². The summed E-state index contributed by atoms with van der Waals surface area (Å²) in [5, 5.41) is 0. The SMILES string of the molecule is C=N/C(=C\C(=C/C)C(C)C)OC. The summed E-state index contributed by atoms with van der Waals surface area (Å²) in [7, 11) is 1.59. The summed E-state index contributed by atoms with van der Waals surface area (Å²) < 4.78 is 4.97. The van der Waals surface area contributed by atoms with Crippen LogP contribution in [0.3, 0.4) is 0 Å². The molecule has 0 aromatic heterocycles. The van der Waals surface area contributed by atoms with Crippen LogP contribution < -0.4 is 0 Å². The number of hydrogen-bond donors (Lipinski definition) is 0. The molecule has 0 saturated heterocycles. The Morgan fingerprint density at radius 3 is 2.33 bits per heavy atom. The Morgan fingerprint density at radius 2 is 2.08 bits per heavy atom. The third-order valence-electron chi connectivity index (χ3n) is 1.66. The number of ether oxygens (including phenoxy) is 1. The number of allylic oxidation sites excluding steroid dienone is 3. The molecular weight excluding hydrogens is 150 g/mol. The van der Waals surface area contributed by atoms with Crippen molar-refractivity contribution >= 4 is 6.72 Å². The lowest BCUT2D eigenvalue weighted by atomic mass is 10.0. The minimum atomic E-state index is 0.488. The maximum Gasteiger partial charge on any atom is 0.212 e. The number of aliphatic imine (C=N–C) groups is 1. The van der Waals surface area contributed by atoms with Gasteiger partial charge in [-0.25, -0.2) is 4.99 Å². The Morgan fingerprint density at radius 1 is 1.50 bits per heavy atom. The van der Waals surface area contributed by atoms with E-state index in [1.54, 1.807) is 7.11 Å². The highest BCUT2D eigenvalue weighted by molar-refractivity contribution is 5.30. The Bertz CT molecular complexity index is 202. The van der Waals surface area contributed by atoms with Gasteiger partial charge >= 0.3 is 0 Å². The minimum absolute atomic E-state index is 0.488. The van der Waals surface area contributed by atoms with E-state index >= 15 is 0 Å². The smallest absolute Gasteiger partial charge is 0.212 e. The summed E-state index contributed by atoms with van der Waals surface area (Å²) in [5.74, 6) is 1.05. The van der Waals surface area contributed by atoms with Gasteiger partial charge in [0.25, 0.3) is 0 Å². The maximum atomic E-state index is 4.97. The fraction of sp³-hybridized carbons (Fsp3) is 0.500. The predicted octanol–water partition coefficient (Wildman–Crippen LogP) is 2.78. The zero-order valence-corrected chi connectivity index (χ0v) is 8.29. The van der Waals surface area contributed by atoms with Gasteiger partial charge in [-0.1, -0.05) is 19.9 Å². The Hall–Kier alpha value is -1.05. The zero-order valence-electron chi connectivity index (χ0n) is 8.29. The molecule has 0 atom stereocenters. The molecule has 0 amide bonds. The lowest BCUT2D eigenvalue weighted by Gasteiger charge is -2.06. The molecule has 0 heterocycles. The molecule has 0 aliphatic heterocycles. The summed E-state index contributed by atoms with van der Waals surface area (Å²) in [6.07, 6.45) is 3.95. The molecule has 0 aliphatic carbocycles. The van der Waals surface area contributed by atoms with Crippen LogP contribution in [0, 0.1) is 5.92 Å². The number of hydrogen-bond acceptors (Lipinski definition) is 2. The molecule has 0 bridgehead atoms. The first-order chi connectivity index (χ1) is 5.65. The number of nitrogens with zero attached hydrogens (tertiary/aromatic N) is 1. The first-order valence-electron chi connectivity index (χ1n) is 4.04. The first kappa shape index (κ1) is 11.0. The lowest BCUT2D eigenvalue weighted by molar-refractivity contribution is 0.288. The van der Waals surface area contributed by atoms with E-state index in [4.69, 9.17) is 4.74 Å². The monoisotopic (exact) mass is 167 g/mol. The van der Waals surface area contributed by atoms with Gasteiger partial charge in [0.05, 0.1) is 7.11 Å².